The Hall–Kier alpha value is -1.30. The molecule has 1 aromatic rings. The van der Waals surface area contributed by atoms with Gasteiger partial charge in [-0.1, -0.05) is 39.0 Å². The average Bonchev–Trinajstić information content (AvgIpc) is 2.86. The molecular formula is C23H35NO3Si. The van der Waals surface area contributed by atoms with E-state index in [2.05, 4.69) is 70.1 Å². The van der Waals surface area contributed by atoms with E-state index in [9.17, 15) is 0 Å². The van der Waals surface area contributed by atoms with Crippen LogP contribution in [0.3, 0.4) is 0 Å². The van der Waals surface area contributed by atoms with E-state index in [-0.39, 0.29) is 22.7 Å². The van der Waals surface area contributed by atoms with Crippen LogP contribution in [0.2, 0.25) is 18.1 Å². The van der Waals surface area contributed by atoms with Crippen molar-refractivity contribution in [3.05, 3.63) is 35.4 Å². The van der Waals surface area contributed by atoms with Gasteiger partial charge < -0.3 is 18.8 Å². The van der Waals surface area contributed by atoms with Crippen molar-refractivity contribution < 1.29 is 13.9 Å². The molecule has 0 saturated carbocycles. The van der Waals surface area contributed by atoms with Gasteiger partial charge in [-0.3, -0.25) is 0 Å². The fourth-order valence-electron chi connectivity index (χ4n) is 4.71. The number of hydrogen-bond donors (Lipinski definition) is 0. The zero-order valence-corrected chi connectivity index (χ0v) is 19.5. The van der Waals surface area contributed by atoms with Crippen LogP contribution in [0, 0.1) is 0 Å². The van der Waals surface area contributed by atoms with E-state index >= 15 is 0 Å². The van der Waals surface area contributed by atoms with Crippen molar-refractivity contribution in [1.29, 1.82) is 0 Å². The van der Waals surface area contributed by atoms with Crippen LogP contribution in [0.1, 0.15) is 44.7 Å². The first-order valence-corrected chi connectivity index (χ1v) is 13.4. The third-order valence-corrected chi connectivity index (χ3v) is 11.9. The summed E-state index contributed by atoms with van der Waals surface area (Å²) in [6, 6.07) is 4.28. The maximum atomic E-state index is 6.73. The minimum absolute atomic E-state index is 0.0583. The van der Waals surface area contributed by atoms with Gasteiger partial charge in [-0.2, -0.15) is 0 Å². The molecule has 0 unspecified atom stereocenters. The zero-order chi connectivity index (χ0) is 20.3. The van der Waals surface area contributed by atoms with Crippen LogP contribution >= 0.6 is 0 Å². The van der Waals surface area contributed by atoms with Gasteiger partial charge in [0, 0.05) is 18.5 Å². The normalized spacial score (nSPS) is 29.7. The lowest BCUT2D eigenvalue weighted by atomic mass is 9.69. The van der Waals surface area contributed by atoms with Crippen molar-refractivity contribution in [2.24, 2.45) is 0 Å². The van der Waals surface area contributed by atoms with Gasteiger partial charge in [-0.05, 0) is 49.8 Å². The number of ether oxygens (including phenoxy) is 2. The number of rotatable bonds is 3. The highest BCUT2D eigenvalue weighted by molar-refractivity contribution is 6.74. The Labute approximate surface area is 171 Å². The molecule has 2 aliphatic heterocycles. The van der Waals surface area contributed by atoms with E-state index in [1.54, 1.807) is 7.11 Å². The first-order valence-electron chi connectivity index (χ1n) is 10.5. The molecule has 0 bridgehead atoms. The molecule has 1 spiro atoms. The maximum absolute atomic E-state index is 6.73. The molecule has 0 aromatic heterocycles. The largest absolute Gasteiger partial charge is 0.493 e. The molecule has 0 N–H and O–H groups in total. The summed E-state index contributed by atoms with van der Waals surface area (Å²) in [6.07, 6.45) is 6.95. The molecule has 2 heterocycles. The summed E-state index contributed by atoms with van der Waals surface area (Å²) < 4.78 is 19.0. The van der Waals surface area contributed by atoms with Crippen LogP contribution in [0.15, 0.2) is 24.3 Å². The molecule has 3 atom stereocenters. The topological polar surface area (TPSA) is 30.9 Å². The first-order chi connectivity index (χ1) is 13.1. The quantitative estimate of drug-likeness (QED) is 0.533. The third kappa shape index (κ3) is 3.03. The van der Waals surface area contributed by atoms with Crippen LogP contribution in [-0.4, -0.2) is 46.1 Å². The van der Waals surface area contributed by atoms with Gasteiger partial charge in [-0.15, -0.1) is 0 Å². The Morgan fingerprint density at radius 1 is 1.25 bits per heavy atom. The summed E-state index contributed by atoms with van der Waals surface area (Å²) in [4.78, 5) is 2.41. The highest BCUT2D eigenvalue weighted by atomic mass is 28.4. The Morgan fingerprint density at radius 2 is 2.00 bits per heavy atom. The van der Waals surface area contributed by atoms with Crippen molar-refractivity contribution in [2.45, 2.75) is 75.9 Å². The Morgan fingerprint density at radius 3 is 2.68 bits per heavy atom. The minimum atomic E-state index is -1.83. The summed E-state index contributed by atoms with van der Waals surface area (Å²) >= 11 is 0. The van der Waals surface area contributed by atoms with E-state index in [0.717, 1.165) is 37.4 Å². The highest BCUT2D eigenvalue weighted by Crippen LogP contribution is 2.56. The fraction of sp³-hybridized carbons (Fsp3) is 0.652. The lowest BCUT2D eigenvalue weighted by molar-refractivity contribution is 0.0861. The average molecular weight is 402 g/mol. The van der Waals surface area contributed by atoms with Crippen LogP contribution < -0.4 is 9.47 Å². The van der Waals surface area contributed by atoms with Gasteiger partial charge in [0.1, 0.15) is 6.10 Å². The SMILES string of the molecule is COc1ccc2c3c1O[C@H]1C[C@@H](O[Si](C)(C)C(C)(C)C)C=C[C@]31CCN(C)C2. The second-order valence-electron chi connectivity index (χ2n) is 10.3. The van der Waals surface area contributed by atoms with Crippen LogP contribution in [-0.2, 0) is 16.4 Å². The lowest BCUT2D eigenvalue weighted by Gasteiger charge is -2.42. The van der Waals surface area contributed by atoms with Crippen molar-refractivity contribution >= 4 is 8.32 Å². The van der Waals surface area contributed by atoms with Gasteiger partial charge in [0.2, 0.25) is 0 Å². The van der Waals surface area contributed by atoms with Crippen LogP contribution in [0.5, 0.6) is 11.5 Å². The number of hydrogen-bond acceptors (Lipinski definition) is 4. The molecule has 0 radical (unpaired) electrons. The molecule has 0 amide bonds. The van der Waals surface area contributed by atoms with Crippen LogP contribution in [0.4, 0.5) is 0 Å². The molecule has 154 valence electrons. The summed E-state index contributed by atoms with van der Waals surface area (Å²) in [5, 5.41) is 0.205. The van der Waals surface area contributed by atoms with Crippen molar-refractivity contribution in [2.75, 3.05) is 20.7 Å². The van der Waals surface area contributed by atoms with Gasteiger partial charge in [0.25, 0.3) is 0 Å². The Balaban J connectivity index is 1.72. The predicted octanol–water partition coefficient (Wildman–Crippen LogP) is 4.88. The maximum Gasteiger partial charge on any atom is 0.192 e. The van der Waals surface area contributed by atoms with Gasteiger partial charge in [0.05, 0.1) is 18.6 Å². The number of nitrogens with zero attached hydrogens (tertiary/aromatic N) is 1. The van der Waals surface area contributed by atoms with Crippen molar-refractivity contribution in [1.82, 2.24) is 4.90 Å². The molecule has 1 aromatic carbocycles. The second kappa shape index (κ2) is 6.61. The molecule has 0 fully saturated rings. The Kier molecular flexibility index (Phi) is 4.72. The smallest absolute Gasteiger partial charge is 0.192 e. The van der Waals surface area contributed by atoms with Crippen molar-refractivity contribution in [3.63, 3.8) is 0 Å². The summed E-state index contributed by atoms with van der Waals surface area (Å²) in [7, 11) is 2.12. The zero-order valence-electron chi connectivity index (χ0n) is 18.5. The number of methoxy groups -OCH3 is 1. The first kappa shape index (κ1) is 20.0. The van der Waals surface area contributed by atoms with Gasteiger partial charge in [-0.25, -0.2) is 0 Å². The lowest BCUT2D eigenvalue weighted by Crippen LogP contribution is -2.48. The van der Waals surface area contributed by atoms with Crippen LogP contribution in [0.25, 0.3) is 0 Å². The van der Waals surface area contributed by atoms with E-state index in [4.69, 9.17) is 13.9 Å². The summed E-state index contributed by atoms with van der Waals surface area (Å²) in [5.74, 6) is 1.81. The molecule has 3 aliphatic rings. The predicted molar refractivity (Wildman–Crippen MR) is 116 cm³/mol. The molecule has 5 heteroatoms. The molecule has 4 rings (SSSR count). The van der Waals surface area contributed by atoms with E-state index in [0.29, 0.717) is 0 Å². The van der Waals surface area contributed by atoms with Gasteiger partial charge >= 0.3 is 0 Å². The van der Waals surface area contributed by atoms with E-state index in [1.165, 1.54) is 11.1 Å². The van der Waals surface area contributed by atoms with E-state index < -0.39 is 8.32 Å². The van der Waals surface area contributed by atoms with Crippen molar-refractivity contribution in [3.8, 4) is 11.5 Å². The highest BCUT2D eigenvalue weighted by Gasteiger charge is 2.53. The fourth-order valence-corrected chi connectivity index (χ4v) is 5.99. The van der Waals surface area contributed by atoms with E-state index in [1.807, 2.05) is 0 Å². The molecule has 0 saturated heterocycles. The third-order valence-electron chi connectivity index (χ3n) is 7.38. The number of benzene rings is 1. The monoisotopic (exact) mass is 401 g/mol. The molecular weight excluding hydrogens is 366 g/mol. The van der Waals surface area contributed by atoms with Gasteiger partial charge in [0.15, 0.2) is 19.8 Å². The second-order valence-corrected chi connectivity index (χ2v) is 15.0. The summed E-state index contributed by atoms with van der Waals surface area (Å²) in [6.45, 7) is 13.6. The minimum Gasteiger partial charge on any atom is -0.493 e. The molecule has 4 nitrogen and oxygen atoms in total. The summed E-state index contributed by atoms with van der Waals surface area (Å²) in [5.41, 5.74) is 2.66. The Bertz CT molecular complexity index is 798. The standard InChI is InChI=1S/C23H35NO3Si/c1-22(2,3)28(6,7)27-17-10-11-23-12-13-24(4)15-16-8-9-18(25-5)21(20(16)23)26-19(23)14-17/h8-11,17,19H,12-15H2,1-7H3/t17-,19-,23+/m0/s1. The molecule has 1 aliphatic carbocycles. The molecule has 28 heavy (non-hydrogen) atoms.